The molecule has 18 heavy (non-hydrogen) atoms. The fraction of sp³-hybridized carbons (Fsp3) is 0.214. The molecule has 0 saturated carbocycles. The lowest BCUT2D eigenvalue weighted by atomic mass is 10.2. The van der Waals surface area contributed by atoms with Gasteiger partial charge in [0, 0.05) is 12.5 Å². The zero-order valence-electron chi connectivity index (χ0n) is 10.1. The van der Waals surface area contributed by atoms with Gasteiger partial charge in [-0.25, -0.2) is 0 Å². The predicted molar refractivity (Wildman–Crippen MR) is 68.2 cm³/mol. The minimum Gasteiger partial charge on any atom is -0.289 e. The first-order valence-corrected chi connectivity index (χ1v) is 5.61. The number of imide groups is 1. The lowest BCUT2D eigenvalue weighted by molar-refractivity contribution is -0.140. The zero-order valence-corrected chi connectivity index (χ0v) is 10.1. The molecule has 0 fully saturated rings. The Labute approximate surface area is 106 Å². The maximum Gasteiger partial charge on any atom is 0.253 e. The van der Waals surface area contributed by atoms with E-state index in [2.05, 4.69) is 0 Å². The molecule has 0 spiro atoms. The Morgan fingerprint density at radius 1 is 1.28 bits per heavy atom. The van der Waals surface area contributed by atoms with Gasteiger partial charge in [-0.1, -0.05) is 37.3 Å². The molecule has 0 atom stereocenters. The molecule has 0 bridgehead atoms. The standard InChI is InChI=1S/C14H14NO3/c1-2-13(17)15(10-11-16)14(18)9-8-12-6-4-3-5-7-12/h3-9H,2,10H2,1H3. The maximum absolute atomic E-state index is 11.7. The van der Waals surface area contributed by atoms with Crippen LogP contribution < -0.4 is 0 Å². The van der Waals surface area contributed by atoms with Crippen molar-refractivity contribution >= 4 is 24.2 Å². The summed E-state index contributed by atoms with van der Waals surface area (Å²) < 4.78 is 0. The van der Waals surface area contributed by atoms with Crippen LogP contribution in [0.5, 0.6) is 0 Å². The van der Waals surface area contributed by atoms with Crippen molar-refractivity contribution in [2.45, 2.75) is 13.3 Å². The number of benzene rings is 1. The molecule has 1 radical (unpaired) electrons. The van der Waals surface area contributed by atoms with Crippen molar-refractivity contribution in [3.05, 3.63) is 42.0 Å². The second-order valence-corrected chi connectivity index (χ2v) is 3.56. The van der Waals surface area contributed by atoms with Crippen molar-refractivity contribution in [2.24, 2.45) is 0 Å². The van der Waals surface area contributed by atoms with Crippen LogP contribution in [0, 0.1) is 0 Å². The van der Waals surface area contributed by atoms with Crippen molar-refractivity contribution in [1.29, 1.82) is 0 Å². The average Bonchev–Trinajstić information content (AvgIpc) is 2.42. The minimum atomic E-state index is -0.506. The van der Waals surface area contributed by atoms with Gasteiger partial charge in [0.2, 0.25) is 12.2 Å². The largest absolute Gasteiger partial charge is 0.289 e. The van der Waals surface area contributed by atoms with E-state index >= 15 is 0 Å². The number of rotatable bonds is 5. The van der Waals surface area contributed by atoms with E-state index in [1.165, 1.54) is 6.08 Å². The molecule has 0 heterocycles. The van der Waals surface area contributed by atoms with E-state index in [0.717, 1.165) is 10.5 Å². The van der Waals surface area contributed by atoms with Crippen LogP contribution in [0.4, 0.5) is 0 Å². The number of hydrogen-bond acceptors (Lipinski definition) is 3. The quantitative estimate of drug-likeness (QED) is 0.739. The van der Waals surface area contributed by atoms with Gasteiger partial charge in [0.05, 0.1) is 6.54 Å². The SMILES string of the molecule is CCC(=O)N(C[C]=O)C(=O)C=Cc1ccccc1. The van der Waals surface area contributed by atoms with Crippen LogP contribution in [-0.4, -0.2) is 29.5 Å². The number of amides is 2. The average molecular weight is 244 g/mol. The normalized spacial score (nSPS) is 10.3. The van der Waals surface area contributed by atoms with Gasteiger partial charge >= 0.3 is 0 Å². The first kappa shape index (κ1) is 13.8. The summed E-state index contributed by atoms with van der Waals surface area (Å²) in [5.41, 5.74) is 0.852. The van der Waals surface area contributed by atoms with Gasteiger partial charge in [0.15, 0.2) is 0 Å². The first-order chi connectivity index (χ1) is 8.69. The number of hydrogen-bond donors (Lipinski definition) is 0. The van der Waals surface area contributed by atoms with Crippen LogP contribution in [0.2, 0.25) is 0 Å². The van der Waals surface area contributed by atoms with Crippen molar-refractivity contribution < 1.29 is 14.4 Å². The van der Waals surface area contributed by atoms with Crippen molar-refractivity contribution in [1.82, 2.24) is 4.90 Å². The molecule has 0 aliphatic rings. The van der Waals surface area contributed by atoms with Crippen LogP contribution >= 0.6 is 0 Å². The molecule has 93 valence electrons. The third-order valence-corrected chi connectivity index (χ3v) is 2.31. The highest BCUT2D eigenvalue weighted by molar-refractivity contribution is 6.03. The molecule has 0 unspecified atom stereocenters. The lowest BCUT2D eigenvalue weighted by Gasteiger charge is -2.14. The van der Waals surface area contributed by atoms with Crippen LogP contribution in [0.1, 0.15) is 18.9 Å². The third-order valence-electron chi connectivity index (χ3n) is 2.31. The second-order valence-electron chi connectivity index (χ2n) is 3.56. The molecule has 0 aromatic heterocycles. The summed E-state index contributed by atoms with van der Waals surface area (Å²) >= 11 is 0. The molecule has 0 saturated heterocycles. The maximum atomic E-state index is 11.7. The molecule has 2 amide bonds. The van der Waals surface area contributed by atoms with E-state index in [1.54, 1.807) is 19.3 Å². The molecule has 4 nitrogen and oxygen atoms in total. The Morgan fingerprint density at radius 3 is 2.50 bits per heavy atom. The van der Waals surface area contributed by atoms with Gasteiger partial charge in [-0.15, -0.1) is 0 Å². The van der Waals surface area contributed by atoms with Crippen LogP contribution in [0.15, 0.2) is 36.4 Å². The summed E-state index contributed by atoms with van der Waals surface area (Å²) in [6.45, 7) is 1.30. The van der Waals surface area contributed by atoms with E-state index in [0.29, 0.717) is 0 Å². The summed E-state index contributed by atoms with van der Waals surface area (Å²) in [4.78, 5) is 34.4. The Bertz CT molecular complexity index is 451. The van der Waals surface area contributed by atoms with Crippen LogP contribution in [-0.2, 0) is 14.4 Å². The van der Waals surface area contributed by atoms with E-state index in [1.807, 2.05) is 30.3 Å². The van der Waals surface area contributed by atoms with Crippen LogP contribution in [0.25, 0.3) is 6.08 Å². The lowest BCUT2D eigenvalue weighted by Crippen LogP contribution is -2.36. The molecule has 0 aliphatic carbocycles. The molecule has 1 rings (SSSR count). The Kier molecular flexibility index (Phi) is 5.51. The van der Waals surface area contributed by atoms with E-state index in [4.69, 9.17) is 0 Å². The molecular formula is C14H14NO3. The van der Waals surface area contributed by atoms with Gasteiger partial charge < -0.3 is 0 Å². The molecule has 1 aromatic carbocycles. The number of carbonyl (C=O) groups is 2. The summed E-state index contributed by atoms with van der Waals surface area (Å²) in [6, 6.07) is 9.23. The van der Waals surface area contributed by atoms with Gasteiger partial charge in [-0.3, -0.25) is 19.3 Å². The van der Waals surface area contributed by atoms with Crippen LogP contribution in [0.3, 0.4) is 0 Å². The zero-order chi connectivity index (χ0) is 13.4. The van der Waals surface area contributed by atoms with E-state index < -0.39 is 5.91 Å². The first-order valence-electron chi connectivity index (χ1n) is 5.61. The van der Waals surface area contributed by atoms with Crippen molar-refractivity contribution in [3.63, 3.8) is 0 Å². The molecular weight excluding hydrogens is 230 g/mol. The highest BCUT2D eigenvalue weighted by Gasteiger charge is 2.16. The Balaban J connectivity index is 2.75. The van der Waals surface area contributed by atoms with Crippen molar-refractivity contribution in [2.75, 3.05) is 6.54 Å². The predicted octanol–water partition coefficient (Wildman–Crippen LogP) is 1.57. The molecule has 1 aromatic rings. The fourth-order valence-electron chi connectivity index (χ4n) is 1.37. The summed E-state index contributed by atoms with van der Waals surface area (Å²) in [5.74, 6) is -0.893. The molecule has 4 heteroatoms. The van der Waals surface area contributed by atoms with Gasteiger partial charge in [0.25, 0.3) is 5.91 Å². The minimum absolute atomic E-state index is 0.173. The summed E-state index contributed by atoms with van der Waals surface area (Å²) in [6.07, 6.45) is 4.61. The molecule has 0 N–H and O–H groups in total. The monoisotopic (exact) mass is 244 g/mol. The van der Waals surface area contributed by atoms with Gasteiger partial charge in [-0.2, -0.15) is 0 Å². The summed E-state index contributed by atoms with van der Waals surface area (Å²) in [5, 5.41) is 0. The van der Waals surface area contributed by atoms with E-state index in [9.17, 15) is 14.4 Å². The Hall–Kier alpha value is -2.23. The Morgan fingerprint density at radius 2 is 1.94 bits per heavy atom. The summed E-state index contributed by atoms with van der Waals surface area (Å²) in [7, 11) is 0. The third kappa shape index (κ3) is 3.97. The van der Waals surface area contributed by atoms with Crippen molar-refractivity contribution in [3.8, 4) is 0 Å². The number of carbonyl (C=O) groups excluding carboxylic acids is 3. The second kappa shape index (κ2) is 7.17. The van der Waals surface area contributed by atoms with E-state index in [-0.39, 0.29) is 18.9 Å². The number of nitrogens with zero attached hydrogens (tertiary/aromatic N) is 1. The topological polar surface area (TPSA) is 54.5 Å². The highest BCUT2D eigenvalue weighted by Crippen LogP contribution is 2.03. The molecule has 0 aliphatic heterocycles. The highest BCUT2D eigenvalue weighted by atomic mass is 16.2. The van der Waals surface area contributed by atoms with Gasteiger partial charge in [0.1, 0.15) is 0 Å². The smallest absolute Gasteiger partial charge is 0.253 e. The fourth-order valence-corrected chi connectivity index (χ4v) is 1.37. The van der Waals surface area contributed by atoms with Gasteiger partial charge in [-0.05, 0) is 11.6 Å².